The average Bonchev–Trinajstić information content (AvgIpc) is 2.84. The highest BCUT2D eigenvalue weighted by atomic mass is 32.2. The van der Waals surface area contributed by atoms with Crippen LogP contribution >= 0.6 is 0 Å². The van der Waals surface area contributed by atoms with Crippen molar-refractivity contribution in [3.63, 3.8) is 0 Å². The molecule has 0 radical (unpaired) electrons. The van der Waals surface area contributed by atoms with Gasteiger partial charge in [-0.05, 0) is 61.6 Å². The van der Waals surface area contributed by atoms with Gasteiger partial charge in [-0.2, -0.15) is 25.9 Å². The van der Waals surface area contributed by atoms with E-state index in [9.17, 15) is 39.6 Å². The minimum absolute atomic E-state index is 0.0000218. The van der Waals surface area contributed by atoms with Gasteiger partial charge in [0.1, 0.15) is 11.8 Å². The van der Waals surface area contributed by atoms with Gasteiger partial charge in [0, 0.05) is 13.1 Å². The number of hydrogen-bond donors (Lipinski definition) is 2. The fourth-order valence-electron chi connectivity index (χ4n) is 4.62. The van der Waals surface area contributed by atoms with Gasteiger partial charge < -0.3 is 14.8 Å². The number of sulfonamides is 1. The van der Waals surface area contributed by atoms with E-state index in [1.807, 2.05) is 0 Å². The number of nitrogens with zero attached hydrogens (tertiary/aromatic N) is 1. The molecule has 4 rings (SSSR count). The number of benzene rings is 2. The Kier molecular flexibility index (Phi) is 7.96. The Bertz CT molecular complexity index is 1480. The normalized spacial score (nSPS) is 20.6. The number of amides is 2. The van der Waals surface area contributed by atoms with E-state index in [0.29, 0.717) is 30.4 Å². The first kappa shape index (κ1) is 28.8. The van der Waals surface area contributed by atoms with Crippen molar-refractivity contribution in [1.29, 1.82) is 0 Å². The lowest BCUT2D eigenvalue weighted by atomic mass is 9.87. The Morgan fingerprint density at radius 3 is 2.49 bits per heavy atom. The van der Waals surface area contributed by atoms with Gasteiger partial charge in [-0.25, -0.2) is 8.42 Å². The maximum Gasteiger partial charge on any atom is 0.534 e. The lowest BCUT2D eigenvalue weighted by molar-refractivity contribution is -0.132. The molecule has 10 nitrogen and oxygen atoms in total. The zero-order chi connectivity index (χ0) is 28.6. The van der Waals surface area contributed by atoms with Gasteiger partial charge in [0.2, 0.25) is 21.8 Å². The Hall–Kier alpha value is -3.17. The second kappa shape index (κ2) is 10.8. The molecule has 39 heavy (non-hydrogen) atoms. The van der Waals surface area contributed by atoms with E-state index in [1.165, 1.54) is 24.3 Å². The third-order valence-electron chi connectivity index (χ3n) is 6.54. The van der Waals surface area contributed by atoms with Crippen LogP contribution in [0.25, 0.3) is 0 Å². The predicted molar refractivity (Wildman–Crippen MR) is 132 cm³/mol. The largest absolute Gasteiger partial charge is 0.534 e. The molecular formula is C24H26F3N3O7S2. The van der Waals surface area contributed by atoms with Gasteiger partial charge in [-0.3, -0.25) is 9.59 Å². The van der Waals surface area contributed by atoms with E-state index in [0.717, 1.165) is 15.9 Å². The molecule has 1 heterocycles. The van der Waals surface area contributed by atoms with Crippen molar-refractivity contribution in [2.45, 2.75) is 55.1 Å². The maximum absolute atomic E-state index is 13.3. The van der Waals surface area contributed by atoms with E-state index in [2.05, 4.69) is 14.8 Å². The predicted octanol–water partition coefficient (Wildman–Crippen LogP) is 2.30. The first-order chi connectivity index (χ1) is 18.2. The Balaban J connectivity index is 1.50. The summed E-state index contributed by atoms with van der Waals surface area (Å²) in [6, 6.07) is 7.90. The van der Waals surface area contributed by atoms with Gasteiger partial charge in [0.15, 0.2) is 0 Å². The van der Waals surface area contributed by atoms with Crippen molar-refractivity contribution in [1.82, 2.24) is 14.9 Å². The summed E-state index contributed by atoms with van der Waals surface area (Å²) in [7, 11) is -9.90. The molecule has 2 atom stereocenters. The van der Waals surface area contributed by atoms with Crippen LogP contribution in [0, 0.1) is 6.92 Å². The smallest absolute Gasteiger partial charge is 0.376 e. The van der Waals surface area contributed by atoms with Crippen molar-refractivity contribution in [2.24, 2.45) is 0 Å². The van der Waals surface area contributed by atoms with E-state index in [-0.39, 0.29) is 18.0 Å². The molecule has 0 aromatic heterocycles. The molecule has 2 aromatic rings. The summed E-state index contributed by atoms with van der Waals surface area (Å²) < 4.78 is 92.4. The number of alkyl halides is 3. The fourth-order valence-corrected chi connectivity index (χ4v) is 6.66. The minimum Gasteiger partial charge on any atom is -0.376 e. The number of rotatable bonds is 7. The van der Waals surface area contributed by atoms with Crippen molar-refractivity contribution < 1.29 is 43.8 Å². The summed E-state index contributed by atoms with van der Waals surface area (Å²) in [6.45, 7) is 1.88. The molecule has 1 unspecified atom stereocenters. The molecule has 0 saturated carbocycles. The Morgan fingerprint density at radius 1 is 1.13 bits per heavy atom. The number of halogens is 3. The van der Waals surface area contributed by atoms with Gasteiger partial charge in [-0.15, -0.1) is 0 Å². The molecular weight excluding hydrogens is 563 g/mol. The molecule has 1 saturated heterocycles. The molecule has 2 aliphatic rings. The van der Waals surface area contributed by atoms with Gasteiger partial charge in [0.05, 0.1) is 17.4 Å². The van der Waals surface area contributed by atoms with Crippen LogP contribution in [-0.2, 0) is 36.2 Å². The molecule has 1 fully saturated rings. The number of carbonyl (C=O) groups is 2. The molecule has 212 valence electrons. The summed E-state index contributed by atoms with van der Waals surface area (Å²) in [4.78, 5) is 25.7. The summed E-state index contributed by atoms with van der Waals surface area (Å²) in [6.07, 6.45) is 0.972. The molecule has 1 aliphatic carbocycles. The van der Waals surface area contributed by atoms with Crippen molar-refractivity contribution in [3.8, 4) is 5.75 Å². The van der Waals surface area contributed by atoms with Crippen LogP contribution in [0.4, 0.5) is 13.2 Å². The van der Waals surface area contributed by atoms with Gasteiger partial charge >= 0.3 is 15.6 Å². The molecule has 2 amide bonds. The first-order valence-corrected chi connectivity index (χ1v) is 14.8. The second-order valence-electron chi connectivity index (χ2n) is 9.30. The summed E-state index contributed by atoms with van der Waals surface area (Å²) >= 11 is 0. The summed E-state index contributed by atoms with van der Waals surface area (Å²) in [5.74, 6) is -1.71. The van der Waals surface area contributed by atoms with Crippen LogP contribution < -0.4 is 14.8 Å². The van der Waals surface area contributed by atoms with Crippen LogP contribution in [0.1, 0.15) is 42.0 Å². The third-order valence-corrected chi connectivity index (χ3v) is 9.44. The number of hydrogen-bond acceptors (Lipinski definition) is 7. The van der Waals surface area contributed by atoms with Crippen LogP contribution in [0.3, 0.4) is 0 Å². The van der Waals surface area contributed by atoms with Crippen LogP contribution in [-0.4, -0.2) is 57.6 Å². The topological polar surface area (TPSA) is 139 Å². The standard InChI is InChI=1S/C24H26F3N3O7S2/c1-15-5-8-18(9-6-15)38(33,34)30-12-11-28-23(32)21(30)14-22(31)29-20-4-2-3-16-13-17(7-10-19(16)20)37-39(35,36)24(25,26)27/h5-10,13,20-21H,2-4,11-12,14H2,1H3,(H,28,32)(H,29,31)/t20?,21-/m1/s1. The highest BCUT2D eigenvalue weighted by Crippen LogP contribution is 2.34. The monoisotopic (exact) mass is 589 g/mol. The first-order valence-electron chi connectivity index (χ1n) is 12.0. The van der Waals surface area contributed by atoms with E-state index in [1.54, 1.807) is 19.1 Å². The van der Waals surface area contributed by atoms with Crippen LogP contribution in [0.5, 0.6) is 5.75 Å². The minimum atomic E-state index is -5.83. The fraction of sp³-hybridized carbons (Fsp3) is 0.417. The van der Waals surface area contributed by atoms with Crippen LogP contribution in [0.15, 0.2) is 47.4 Å². The SMILES string of the molecule is Cc1ccc(S(=O)(=O)N2CCNC(=O)[C@H]2CC(=O)NC2CCCc3cc(OS(=O)(=O)C(F)(F)F)ccc32)cc1. The number of piperazine rings is 1. The second-order valence-corrected chi connectivity index (χ2v) is 12.7. The lowest BCUT2D eigenvalue weighted by Crippen LogP contribution is -2.58. The number of carbonyl (C=O) groups excluding carboxylic acids is 2. The molecule has 1 aliphatic heterocycles. The van der Waals surface area contributed by atoms with Gasteiger partial charge in [0.25, 0.3) is 0 Å². The average molecular weight is 590 g/mol. The molecule has 2 aromatic carbocycles. The Morgan fingerprint density at radius 2 is 1.82 bits per heavy atom. The quantitative estimate of drug-likeness (QED) is 0.373. The number of fused-ring (bicyclic) bond motifs is 1. The highest BCUT2D eigenvalue weighted by Gasteiger charge is 2.48. The van der Waals surface area contributed by atoms with E-state index >= 15 is 0 Å². The van der Waals surface area contributed by atoms with Crippen LogP contribution in [0.2, 0.25) is 0 Å². The van der Waals surface area contributed by atoms with E-state index < -0.39 is 61.7 Å². The van der Waals surface area contributed by atoms with Crippen molar-refractivity contribution in [2.75, 3.05) is 13.1 Å². The lowest BCUT2D eigenvalue weighted by Gasteiger charge is -2.34. The zero-order valence-corrected chi connectivity index (χ0v) is 22.3. The van der Waals surface area contributed by atoms with E-state index in [4.69, 9.17) is 0 Å². The number of nitrogens with one attached hydrogen (secondary N) is 2. The molecule has 2 N–H and O–H groups in total. The molecule has 0 bridgehead atoms. The zero-order valence-electron chi connectivity index (χ0n) is 20.7. The molecule has 15 heteroatoms. The Labute approximate surface area is 223 Å². The van der Waals surface area contributed by atoms with Crippen molar-refractivity contribution >= 4 is 32.0 Å². The van der Waals surface area contributed by atoms with Gasteiger partial charge in [-0.1, -0.05) is 23.8 Å². The maximum atomic E-state index is 13.3. The number of aryl methyl sites for hydroxylation is 2. The third kappa shape index (κ3) is 6.20. The summed E-state index contributed by atoms with van der Waals surface area (Å²) in [5, 5.41) is 5.36. The highest BCUT2D eigenvalue weighted by molar-refractivity contribution is 7.89. The molecule has 0 spiro atoms. The van der Waals surface area contributed by atoms with Crippen molar-refractivity contribution in [3.05, 3.63) is 59.2 Å². The summed E-state index contributed by atoms with van der Waals surface area (Å²) in [5.41, 5.74) is -3.66.